The molecule has 4 rings (SSSR count). The second-order valence-electron chi connectivity index (χ2n) is 14.5. The molecule has 0 heteroatoms. The predicted molar refractivity (Wildman–Crippen MR) is 136 cm³/mol. The van der Waals surface area contributed by atoms with Crippen molar-refractivity contribution < 1.29 is 0 Å². The summed E-state index contributed by atoms with van der Waals surface area (Å²) in [6.45, 7) is 20.3. The highest BCUT2D eigenvalue weighted by Gasteiger charge is 2.58. The van der Waals surface area contributed by atoms with Crippen LogP contribution >= 0.6 is 0 Å². The second-order valence-corrected chi connectivity index (χ2v) is 14.5. The number of hydrogen-bond acceptors (Lipinski definition) is 0. The van der Waals surface area contributed by atoms with Crippen LogP contribution in [0.15, 0.2) is 11.6 Å². The van der Waals surface area contributed by atoms with E-state index in [0.29, 0.717) is 16.2 Å². The molecular weight excluding hydrogens is 372 g/mol. The molecule has 0 spiro atoms. The smallest absolute Gasteiger partial charge is 0.00853 e. The molecular formula is C31H54. The maximum absolute atomic E-state index is 2.75. The maximum atomic E-state index is 2.75. The van der Waals surface area contributed by atoms with Gasteiger partial charge in [-0.05, 0) is 115 Å². The Morgan fingerprint density at radius 1 is 0.935 bits per heavy atom. The van der Waals surface area contributed by atoms with E-state index in [4.69, 9.17) is 0 Å². The second kappa shape index (κ2) is 8.51. The molecule has 0 aliphatic heterocycles. The molecule has 3 saturated carbocycles. The molecule has 0 aromatic carbocycles. The molecule has 0 N–H and O–H groups in total. The van der Waals surface area contributed by atoms with Crippen LogP contribution in [0.3, 0.4) is 0 Å². The summed E-state index contributed by atoms with van der Waals surface area (Å²) in [5.74, 6) is 6.49. The third-order valence-electron chi connectivity index (χ3n) is 11.6. The normalized spacial score (nSPS) is 42.4. The molecule has 0 heterocycles. The molecule has 0 nitrogen and oxygen atoms in total. The maximum Gasteiger partial charge on any atom is -0.00853 e. The van der Waals surface area contributed by atoms with Crippen LogP contribution in [-0.2, 0) is 0 Å². The largest absolute Gasteiger partial charge is 0.0845 e. The fourth-order valence-corrected chi connectivity index (χ4v) is 10.1. The first kappa shape index (κ1) is 23.9. The number of hydrogen-bond donors (Lipinski definition) is 0. The molecule has 0 saturated heterocycles. The lowest BCUT2D eigenvalue weighted by atomic mass is 9.47. The average molecular weight is 427 g/mol. The van der Waals surface area contributed by atoms with Gasteiger partial charge in [-0.1, -0.05) is 79.9 Å². The first-order chi connectivity index (χ1) is 14.5. The number of rotatable bonds is 5. The topological polar surface area (TPSA) is 0 Å². The van der Waals surface area contributed by atoms with E-state index in [1.807, 2.05) is 5.57 Å². The Balaban J connectivity index is 1.47. The van der Waals surface area contributed by atoms with Gasteiger partial charge in [0.05, 0.1) is 0 Å². The summed E-state index contributed by atoms with van der Waals surface area (Å²) >= 11 is 0. The van der Waals surface area contributed by atoms with Gasteiger partial charge in [-0.15, -0.1) is 0 Å². The zero-order valence-electron chi connectivity index (χ0n) is 22.4. The SMILES string of the molecule is CC(C)C(CCC(C)C1CCC2C3CC=C4CCCCC4(C)C3CCC12C)C(C)(C)C. The van der Waals surface area contributed by atoms with E-state index in [9.17, 15) is 0 Å². The molecule has 31 heavy (non-hydrogen) atoms. The van der Waals surface area contributed by atoms with Crippen molar-refractivity contribution in [3.05, 3.63) is 11.6 Å². The fourth-order valence-electron chi connectivity index (χ4n) is 10.1. The first-order valence-corrected chi connectivity index (χ1v) is 14.2. The van der Waals surface area contributed by atoms with Gasteiger partial charge in [0.2, 0.25) is 0 Å². The van der Waals surface area contributed by atoms with Crippen LogP contribution in [-0.4, -0.2) is 0 Å². The van der Waals surface area contributed by atoms with Crippen molar-refractivity contribution in [2.45, 2.75) is 126 Å². The first-order valence-electron chi connectivity index (χ1n) is 14.2. The minimum atomic E-state index is 0.440. The summed E-state index contributed by atoms with van der Waals surface area (Å²) in [6, 6.07) is 0. The van der Waals surface area contributed by atoms with Crippen molar-refractivity contribution in [2.75, 3.05) is 0 Å². The third kappa shape index (κ3) is 4.10. The Morgan fingerprint density at radius 3 is 2.35 bits per heavy atom. The van der Waals surface area contributed by atoms with E-state index < -0.39 is 0 Å². The molecule has 8 unspecified atom stereocenters. The van der Waals surface area contributed by atoms with E-state index in [-0.39, 0.29) is 0 Å². The van der Waals surface area contributed by atoms with Crippen molar-refractivity contribution in [3.8, 4) is 0 Å². The molecule has 0 aromatic rings. The van der Waals surface area contributed by atoms with Crippen LogP contribution in [0.4, 0.5) is 0 Å². The van der Waals surface area contributed by atoms with Crippen LogP contribution < -0.4 is 0 Å². The van der Waals surface area contributed by atoms with Gasteiger partial charge in [0, 0.05) is 0 Å². The zero-order chi connectivity index (χ0) is 22.6. The third-order valence-corrected chi connectivity index (χ3v) is 11.6. The van der Waals surface area contributed by atoms with Gasteiger partial charge >= 0.3 is 0 Å². The predicted octanol–water partition coefficient (Wildman–Crippen LogP) is 9.69. The van der Waals surface area contributed by atoms with E-state index >= 15 is 0 Å². The lowest BCUT2D eigenvalue weighted by Crippen LogP contribution is -2.50. The lowest BCUT2D eigenvalue weighted by molar-refractivity contribution is -0.0506. The highest BCUT2D eigenvalue weighted by atomic mass is 14.6. The highest BCUT2D eigenvalue weighted by Crippen LogP contribution is 2.67. The van der Waals surface area contributed by atoms with Gasteiger partial charge in [0.25, 0.3) is 0 Å². The zero-order valence-corrected chi connectivity index (χ0v) is 22.4. The van der Waals surface area contributed by atoms with Crippen LogP contribution in [0, 0.1) is 57.7 Å². The monoisotopic (exact) mass is 426 g/mol. The molecule has 4 aliphatic rings. The molecule has 3 fully saturated rings. The highest BCUT2D eigenvalue weighted by molar-refractivity contribution is 5.24. The van der Waals surface area contributed by atoms with Gasteiger partial charge in [0.15, 0.2) is 0 Å². The summed E-state index contributed by atoms with van der Waals surface area (Å²) in [6.07, 6.45) is 18.9. The molecule has 0 aromatic heterocycles. The van der Waals surface area contributed by atoms with Crippen molar-refractivity contribution in [3.63, 3.8) is 0 Å². The van der Waals surface area contributed by atoms with Gasteiger partial charge in [-0.25, -0.2) is 0 Å². The summed E-state index contributed by atoms with van der Waals surface area (Å²) in [5, 5.41) is 0. The van der Waals surface area contributed by atoms with Crippen LogP contribution in [0.1, 0.15) is 126 Å². The van der Waals surface area contributed by atoms with E-state index in [1.54, 1.807) is 0 Å². The van der Waals surface area contributed by atoms with Gasteiger partial charge in [-0.2, -0.15) is 0 Å². The van der Waals surface area contributed by atoms with Gasteiger partial charge in [-0.3, -0.25) is 0 Å². The van der Waals surface area contributed by atoms with Gasteiger partial charge < -0.3 is 0 Å². The molecule has 0 bridgehead atoms. The van der Waals surface area contributed by atoms with Crippen LogP contribution in [0.25, 0.3) is 0 Å². The summed E-state index contributed by atoms with van der Waals surface area (Å²) in [4.78, 5) is 0. The van der Waals surface area contributed by atoms with E-state index in [1.165, 1.54) is 70.6 Å². The summed E-state index contributed by atoms with van der Waals surface area (Å²) < 4.78 is 0. The van der Waals surface area contributed by atoms with Crippen molar-refractivity contribution in [1.29, 1.82) is 0 Å². The average Bonchev–Trinajstić information content (AvgIpc) is 3.03. The Hall–Kier alpha value is -0.260. The Morgan fingerprint density at radius 2 is 1.68 bits per heavy atom. The Kier molecular flexibility index (Phi) is 6.55. The summed E-state index contributed by atoms with van der Waals surface area (Å²) in [7, 11) is 0. The Labute approximate surface area is 195 Å². The fraction of sp³-hybridized carbons (Fsp3) is 0.935. The molecule has 0 radical (unpaired) electrons. The summed E-state index contributed by atoms with van der Waals surface area (Å²) in [5.41, 5.74) is 3.49. The molecule has 4 aliphatic carbocycles. The molecule has 178 valence electrons. The molecule has 8 atom stereocenters. The molecule has 0 amide bonds. The van der Waals surface area contributed by atoms with Crippen LogP contribution in [0.5, 0.6) is 0 Å². The number of fused-ring (bicyclic) bond motifs is 5. The standard InChI is InChI=1S/C31H54/c1-21(2)25(29(4,5)6)15-12-22(3)26-16-17-27-24-14-13-23-11-9-10-19-30(23,7)28(24)18-20-31(26,27)8/h13,21-22,24-28H,9-12,14-20H2,1-8H3. The van der Waals surface area contributed by atoms with E-state index in [0.717, 1.165) is 41.4 Å². The number of allylic oxidation sites excluding steroid dienone is 2. The quantitative estimate of drug-likeness (QED) is 0.384. The van der Waals surface area contributed by atoms with Crippen LogP contribution in [0.2, 0.25) is 0 Å². The van der Waals surface area contributed by atoms with Crippen molar-refractivity contribution >= 4 is 0 Å². The van der Waals surface area contributed by atoms with Crippen molar-refractivity contribution in [2.24, 2.45) is 57.7 Å². The van der Waals surface area contributed by atoms with Gasteiger partial charge in [0.1, 0.15) is 0 Å². The van der Waals surface area contributed by atoms with Crippen molar-refractivity contribution in [1.82, 2.24) is 0 Å². The lowest BCUT2D eigenvalue weighted by Gasteiger charge is -2.58. The minimum absolute atomic E-state index is 0.440. The minimum Gasteiger partial charge on any atom is -0.0845 e. The van der Waals surface area contributed by atoms with E-state index in [2.05, 4.69) is 61.5 Å². The Bertz CT molecular complexity index is 662.